The van der Waals surface area contributed by atoms with Crippen molar-refractivity contribution in [2.45, 2.75) is 51.7 Å². The molecule has 0 saturated carbocycles. The van der Waals surface area contributed by atoms with Crippen molar-refractivity contribution in [3.05, 3.63) is 33.1 Å². The monoisotopic (exact) mass is 384 g/mol. The van der Waals surface area contributed by atoms with Crippen LogP contribution in [0.25, 0.3) is 0 Å². The van der Waals surface area contributed by atoms with Crippen LogP contribution < -0.4 is 11.2 Å². The Bertz CT molecular complexity index is 828. The van der Waals surface area contributed by atoms with E-state index in [4.69, 9.17) is 18.9 Å². The third-order valence-corrected chi connectivity index (χ3v) is 3.73. The van der Waals surface area contributed by atoms with Gasteiger partial charge in [0, 0.05) is 39.5 Å². The van der Waals surface area contributed by atoms with Gasteiger partial charge < -0.3 is 18.9 Å². The molecule has 0 spiro atoms. The van der Waals surface area contributed by atoms with Crippen LogP contribution in [0.3, 0.4) is 0 Å². The highest BCUT2D eigenvalue weighted by Crippen LogP contribution is 2.31. The minimum atomic E-state index is -1.04. The van der Waals surface area contributed by atoms with Crippen molar-refractivity contribution in [1.82, 2.24) is 9.55 Å². The second-order valence-electron chi connectivity index (χ2n) is 5.91. The Morgan fingerprint density at radius 2 is 1.81 bits per heavy atom. The highest BCUT2D eigenvalue weighted by atomic mass is 16.6. The van der Waals surface area contributed by atoms with Crippen molar-refractivity contribution in [3.63, 3.8) is 0 Å². The summed E-state index contributed by atoms with van der Waals surface area (Å²) < 4.78 is 22.2. The lowest BCUT2D eigenvalue weighted by Crippen LogP contribution is -2.53. The van der Waals surface area contributed by atoms with E-state index in [1.165, 1.54) is 27.0 Å². The fourth-order valence-electron chi connectivity index (χ4n) is 2.75. The van der Waals surface area contributed by atoms with Gasteiger partial charge in [-0.25, -0.2) is 4.79 Å². The van der Waals surface area contributed by atoms with Gasteiger partial charge in [0.2, 0.25) is 0 Å². The molecule has 0 unspecified atom stereocenters. The van der Waals surface area contributed by atoms with Crippen LogP contribution in [0.15, 0.2) is 21.9 Å². The van der Waals surface area contributed by atoms with E-state index in [9.17, 15) is 24.0 Å². The first-order valence-corrected chi connectivity index (χ1v) is 8.12. The Hall–Kier alpha value is -2.95. The van der Waals surface area contributed by atoms with Gasteiger partial charge in [0.25, 0.3) is 5.56 Å². The fourth-order valence-corrected chi connectivity index (χ4v) is 2.75. The minimum absolute atomic E-state index is 0.0277. The molecule has 11 heteroatoms. The number of nitrogens with zero attached hydrogens (tertiary/aromatic N) is 1. The van der Waals surface area contributed by atoms with E-state index in [2.05, 4.69) is 4.98 Å². The summed E-state index contributed by atoms with van der Waals surface area (Å²) in [6, 6.07) is 1.13. The minimum Gasteiger partial charge on any atom is -0.463 e. The number of aromatic nitrogens is 2. The average Bonchev–Trinajstić information content (AvgIpc) is 2.54. The number of aromatic amines is 1. The Balaban J connectivity index is 2.36. The topological polar surface area (TPSA) is 143 Å². The van der Waals surface area contributed by atoms with Gasteiger partial charge >= 0.3 is 23.6 Å². The summed E-state index contributed by atoms with van der Waals surface area (Å²) in [5.41, 5.74) is -1.32. The summed E-state index contributed by atoms with van der Waals surface area (Å²) >= 11 is 0. The molecule has 4 atom stereocenters. The van der Waals surface area contributed by atoms with E-state index in [0.29, 0.717) is 0 Å². The first kappa shape index (κ1) is 20.4. The summed E-state index contributed by atoms with van der Waals surface area (Å²) in [4.78, 5) is 59.5. The second-order valence-corrected chi connectivity index (χ2v) is 5.91. The van der Waals surface area contributed by atoms with Gasteiger partial charge in [0.1, 0.15) is 25.0 Å². The molecular formula is C16H20N2O9. The molecule has 1 saturated heterocycles. The Kier molecular flexibility index (Phi) is 6.50. The molecule has 0 aromatic carbocycles. The highest BCUT2D eigenvalue weighted by Gasteiger charge is 2.44. The van der Waals surface area contributed by atoms with Crippen LogP contribution in [-0.2, 0) is 33.3 Å². The molecule has 0 amide bonds. The number of H-pyrrole nitrogens is 1. The van der Waals surface area contributed by atoms with Gasteiger partial charge in [0.15, 0.2) is 6.10 Å². The zero-order valence-corrected chi connectivity index (χ0v) is 15.0. The van der Waals surface area contributed by atoms with Crippen molar-refractivity contribution in [2.75, 3.05) is 6.61 Å². The summed E-state index contributed by atoms with van der Waals surface area (Å²) in [6.07, 6.45) is -2.75. The van der Waals surface area contributed by atoms with Gasteiger partial charge in [-0.05, 0) is 0 Å². The van der Waals surface area contributed by atoms with E-state index >= 15 is 0 Å². The van der Waals surface area contributed by atoms with Crippen molar-refractivity contribution in [1.29, 1.82) is 0 Å². The summed E-state index contributed by atoms with van der Waals surface area (Å²) in [5.74, 6) is -1.86. The Morgan fingerprint density at radius 1 is 1.15 bits per heavy atom. The molecule has 1 aliphatic heterocycles. The van der Waals surface area contributed by atoms with Gasteiger partial charge in [-0.2, -0.15) is 0 Å². The lowest BCUT2D eigenvalue weighted by Gasteiger charge is -2.40. The first-order chi connectivity index (χ1) is 12.7. The Morgan fingerprint density at radius 3 is 2.37 bits per heavy atom. The number of esters is 3. The maximum absolute atomic E-state index is 12.0. The van der Waals surface area contributed by atoms with Crippen LogP contribution in [0.2, 0.25) is 0 Å². The van der Waals surface area contributed by atoms with Gasteiger partial charge in [-0.1, -0.05) is 0 Å². The van der Waals surface area contributed by atoms with Crippen molar-refractivity contribution >= 4 is 17.9 Å². The van der Waals surface area contributed by atoms with E-state index < -0.39 is 53.7 Å². The molecule has 0 aliphatic carbocycles. The first-order valence-electron chi connectivity index (χ1n) is 8.12. The average molecular weight is 384 g/mol. The third kappa shape index (κ3) is 5.51. The number of nitrogens with one attached hydrogen (secondary N) is 1. The predicted molar refractivity (Wildman–Crippen MR) is 87.6 cm³/mol. The maximum Gasteiger partial charge on any atom is 0.330 e. The normalized spacial score (nSPS) is 24.7. The number of carbonyl (C=O) groups excluding carboxylic acids is 3. The number of carbonyl (C=O) groups is 3. The van der Waals surface area contributed by atoms with Gasteiger partial charge in [-0.15, -0.1) is 0 Å². The summed E-state index contributed by atoms with van der Waals surface area (Å²) in [6.45, 7) is 3.26. The summed E-state index contributed by atoms with van der Waals surface area (Å²) in [7, 11) is 0. The van der Waals surface area contributed by atoms with Gasteiger partial charge in [-0.3, -0.25) is 28.7 Å². The van der Waals surface area contributed by atoms with E-state index in [0.717, 1.165) is 10.6 Å². The van der Waals surface area contributed by atoms with Crippen LogP contribution in [0.5, 0.6) is 0 Å². The van der Waals surface area contributed by atoms with Crippen LogP contribution in [0.4, 0.5) is 0 Å². The lowest BCUT2D eigenvalue weighted by molar-refractivity contribution is -0.227. The van der Waals surface area contributed by atoms with Gasteiger partial charge in [0.05, 0.1) is 0 Å². The maximum atomic E-state index is 12.0. The molecule has 1 aromatic heterocycles. The zero-order valence-electron chi connectivity index (χ0n) is 15.0. The Labute approximate surface area is 153 Å². The molecule has 0 bridgehead atoms. The smallest absolute Gasteiger partial charge is 0.330 e. The van der Waals surface area contributed by atoms with Crippen molar-refractivity contribution in [2.24, 2.45) is 0 Å². The lowest BCUT2D eigenvalue weighted by atomic mass is 10.00. The van der Waals surface area contributed by atoms with E-state index in [1.807, 2.05) is 0 Å². The molecule has 1 fully saturated rings. The number of rotatable bonds is 5. The molecule has 1 N–H and O–H groups in total. The number of hydrogen-bond donors (Lipinski definition) is 1. The molecule has 11 nitrogen and oxygen atoms in total. The standard InChI is InChI=1S/C16H20N2O9/c1-8(19)24-7-12-15(26-10(3)21)11(25-9(2)20)6-14(27-12)18-5-4-13(22)17-16(18)23/h4-5,11-12,14-15H,6-7H2,1-3H3,(H,17,22,23)/t11-,12-,14-,15+/m1/s1. The van der Waals surface area contributed by atoms with E-state index in [-0.39, 0.29) is 13.0 Å². The molecule has 0 radical (unpaired) electrons. The molecule has 27 heavy (non-hydrogen) atoms. The summed E-state index contributed by atoms with van der Waals surface area (Å²) in [5, 5.41) is 0. The van der Waals surface area contributed by atoms with Crippen molar-refractivity contribution in [3.8, 4) is 0 Å². The highest BCUT2D eigenvalue weighted by molar-refractivity contribution is 5.67. The number of hydrogen-bond acceptors (Lipinski definition) is 9. The second kappa shape index (κ2) is 8.62. The van der Waals surface area contributed by atoms with Crippen LogP contribution in [0.1, 0.15) is 33.4 Å². The molecule has 1 aliphatic rings. The number of ether oxygens (including phenoxy) is 4. The fraction of sp³-hybridized carbons (Fsp3) is 0.562. The van der Waals surface area contributed by atoms with Crippen molar-refractivity contribution < 1.29 is 33.3 Å². The van der Waals surface area contributed by atoms with Crippen LogP contribution >= 0.6 is 0 Å². The third-order valence-electron chi connectivity index (χ3n) is 3.73. The largest absolute Gasteiger partial charge is 0.463 e. The van der Waals surface area contributed by atoms with Crippen LogP contribution in [0, 0.1) is 0 Å². The predicted octanol–water partition coefficient (Wildman–Crippen LogP) is -0.749. The SMILES string of the molecule is CC(=O)OC[C@H]1O[C@@H](n2ccc(=O)[nH]c2=O)C[C@@H](OC(C)=O)[C@@H]1OC(C)=O. The molecule has 2 heterocycles. The quantitative estimate of drug-likeness (QED) is 0.512. The molecule has 2 rings (SSSR count). The van der Waals surface area contributed by atoms with E-state index in [1.54, 1.807) is 0 Å². The molecular weight excluding hydrogens is 364 g/mol. The molecule has 1 aromatic rings. The zero-order chi connectivity index (χ0) is 20.1. The molecule has 148 valence electrons. The van der Waals surface area contributed by atoms with Crippen LogP contribution in [-0.4, -0.2) is 52.4 Å².